The number of hydrogen-bond donors (Lipinski definition) is 0. The number of anilines is 6. The van der Waals surface area contributed by atoms with E-state index in [1.807, 2.05) is 0 Å². The van der Waals surface area contributed by atoms with Crippen molar-refractivity contribution < 1.29 is 0 Å². The zero-order valence-corrected chi connectivity index (χ0v) is 47.5. The van der Waals surface area contributed by atoms with E-state index in [0.717, 1.165) is 6.42 Å². The van der Waals surface area contributed by atoms with E-state index in [1.54, 1.807) is 0 Å². The van der Waals surface area contributed by atoms with Crippen LogP contribution in [0.15, 0.2) is 146 Å². The molecule has 0 amide bonds. The van der Waals surface area contributed by atoms with E-state index < -0.39 is 0 Å². The van der Waals surface area contributed by atoms with Crippen LogP contribution in [0, 0.1) is 0 Å². The highest BCUT2D eigenvalue weighted by atomic mass is 15.2. The van der Waals surface area contributed by atoms with Crippen LogP contribution in [0.3, 0.4) is 0 Å². The summed E-state index contributed by atoms with van der Waals surface area (Å²) in [5.74, 6) is 0. The highest BCUT2D eigenvalue weighted by Crippen LogP contribution is 2.57. The molecule has 4 heteroatoms. The summed E-state index contributed by atoms with van der Waals surface area (Å²) in [6.45, 7) is 38.0. The highest BCUT2D eigenvalue weighted by molar-refractivity contribution is 7.01. The first-order valence-corrected chi connectivity index (χ1v) is 27.8. The Morgan fingerprint density at radius 1 is 0.427 bits per heavy atom. The summed E-state index contributed by atoms with van der Waals surface area (Å²) in [5.41, 5.74) is 26.1. The van der Waals surface area contributed by atoms with Crippen LogP contribution >= 0.6 is 0 Å². The second-order valence-corrected chi connectivity index (χ2v) is 28.2. The van der Waals surface area contributed by atoms with Crippen molar-refractivity contribution >= 4 is 95.3 Å². The van der Waals surface area contributed by atoms with E-state index in [2.05, 4.69) is 271 Å². The maximum absolute atomic E-state index is 2.75. The average Bonchev–Trinajstić information content (AvgIpc) is 4.20. The fraction of sp³-hybridized carbons (Fsp3) is 0.324. The molecule has 376 valence electrons. The molecular formula is C71H74BN3. The van der Waals surface area contributed by atoms with Crippen molar-refractivity contribution in [2.75, 3.05) is 9.80 Å². The third-order valence-electron chi connectivity index (χ3n) is 17.9. The number of nitrogens with zero attached hydrogens (tertiary/aromatic N) is 3. The van der Waals surface area contributed by atoms with E-state index >= 15 is 0 Å². The fourth-order valence-corrected chi connectivity index (χ4v) is 14.2. The van der Waals surface area contributed by atoms with Gasteiger partial charge in [-0.05, 0) is 143 Å². The predicted molar refractivity (Wildman–Crippen MR) is 326 cm³/mol. The lowest BCUT2D eigenvalue weighted by atomic mass is 9.33. The van der Waals surface area contributed by atoms with Gasteiger partial charge in [0.15, 0.2) is 0 Å². The van der Waals surface area contributed by atoms with Crippen LogP contribution in [0.4, 0.5) is 34.1 Å². The number of benzene rings is 8. The topological polar surface area (TPSA) is 10.9 Å². The van der Waals surface area contributed by atoms with Crippen molar-refractivity contribution in [3.63, 3.8) is 0 Å². The fourth-order valence-electron chi connectivity index (χ4n) is 14.2. The van der Waals surface area contributed by atoms with Gasteiger partial charge in [0.05, 0.1) is 33.6 Å². The summed E-state index contributed by atoms with van der Waals surface area (Å²) in [6.07, 6.45) is 1.13. The lowest BCUT2D eigenvalue weighted by Crippen LogP contribution is -2.61. The van der Waals surface area contributed by atoms with E-state index in [9.17, 15) is 0 Å². The largest absolute Gasteiger partial charge is 0.311 e. The minimum atomic E-state index is -0.0799. The normalized spacial score (nSPS) is 16.1. The molecule has 0 fully saturated rings. The van der Waals surface area contributed by atoms with Crippen molar-refractivity contribution in [2.45, 2.75) is 150 Å². The van der Waals surface area contributed by atoms with Crippen molar-refractivity contribution in [1.82, 2.24) is 4.40 Å². The molecule has 0 N–H and O–H groups in total. The molecule has 0 spiro atoms. The number of hydrogen-bond acceptors (Lipinski definition) is 2. The Morgan fingerprint density at radius 2 is 0.880 bits per heavy atom. The first-order valence-electron chi connectivity index (χ1n) is 27.8. The number of aromatic nitrogens is 1. The Bertz CT molecular complexity index is 4020. The van der Waals surface area contributed by atoms with Crippen LogP contribution in [0.25, 0.3) is 49.2 Å². The molecule has 75 heavy (non-hydrogen) atoms. The third-order valence-corrected chi connectivity index (χ3v) is 17.9. The lowest BCUT2D eigenvalue weighted by molar-refractivity contribution is 0.403. The predicted octanol–water partition coefficient (Wildman–Crippen LogP) is 17.7. The van der Waals surface area contributed by atoms with Crippen LogP contribution in [-0.2, 0) is 32.5 Å². The Balaban J connectivity index is 1.26. The van der Waals surface area contributed by atoms with Gasteiger partial charge < -0.3 is 14.2 Å². The molecule has 13 rings (SSSR count). The molecule has 0 saturated carbocycles. The highest BCUT2D eigenvalue weighted by Gasteiger charge is 2.48. The summed E-state index contributed by atoms with van der Waals surface area (Å²) >= 11 is 0. The van der Waals surface area contributed by atoms with Crippen molar-refractivity contribution in [1.29, 1.82) is 0 Å². The molecule has 2 aliphatic heterocycles. The monoisotopic (exact) mass is 980 g/mol. The van der Waals surface area contributed by atoms with Gasteiger partial charge in [-0.2, -0.15) is 0 Å². The SMILES string of the molecule is CC(C)(C)c1ccc(N2c3ccc(C(C)(C)C)cc3B3c4cc(C(C)(C)C)ccc4N(c4ccc(C(C)(C)C)cc4-c4ccc5c(c4)C(C)(C)CC5(C)C)c4c3c2c2c3ccccc3n3c5ccccc5c4c23)cc1. The lowest BCUT2D eigenvalue weighted by Gasteiger charge is -2.46. The Hall–Kier alpha value is -6.78. The quantitative estimate of drug-likeness (QED) is 0.163. The second kappa shape index (κ2) is 15.4. The summed E-state index contributed by atoms with van der Waals surface area (Å²) in [4.78, 5) is 5.42. The zero-order chi connectivity index (χ0) is 52.8. The summed E-state index contributed by atoms with van der Waals surface area (Å²) in [6, 6.07) is 57.9. The van der Waals surface area contributed by atoms with Crippen molar-refractivity contribution in [2.24, 2.45) is 0 Å². The maximum atomic E-state index is 2.75. The molecule has 1 aliphatic carbocycles. The molecule has 2 aromatic heterocycles. The van der Waals surface area contributed by atoms with Crippen LogP contribution in [0.5, 0.6) is 0 Å². The smallest absolute Gasteiger partial charge is 0.252 e. The standard InChI is InChI=1S/C71H74BN3/c1-66(2,3)43-26-31-47(32-27-43)73-58-35-29-45(68(7,8)9)39-53(58)72-54-40-46(69(10,11)12)30-36-59(54)75(57-34-28-44(67(4,5)6)38-50(57)42-25-33-51-52(37-42)71(15,16)41-70(51,13)14)65-61-49-22-18-20-24-56(49)74-55-23-19-17-21-48(55)60(63(61)74)64(73)62(65)72/h17-40H,41H2,1-16H3. The Morgan fingerprint density at radius 3 is 1.41 bits per heavy atom. The molecule has 0 radical (unpaired) electrons. The van der Waals surface area contributed by atoms with E-state index in [-0.39, 0.29) is 39.2 Å². The van der Waals surface area contributed by atoms with Crippen LogP contribution < -0.4 is 26.2 Å². The number of fused-ring (bicyclic) bond motifs is 13. The van der Waals surface area contributed by atoms with Crippen LogP contribution in [0.1, 0.15) is 151 Å². The van der Waals surface area contributed by atoms with Gasteiger partial charge in [-0.15, -0.1) is 0 Å². The Kier molecular flexibility index (Phi) is 9.86. The molecule has 8 aromatic carbocycles. The van der Waals surface area contributed by atoms with Gasteiger partial charge in [-0.3, -0.25) is 0 Å². The average molecular weight is 980 g/mol. The summed E-state index contributed by atoms with van der Waals surface area (Å²) < 4.78 is 2.60. The van der Waals surface area contributed by atoms with Gasteiger partial charge in [-0.25, -0.2) is 0 Å². The third kappa shape index (κ3) is 6.92. The van der Waals surface area contributed by atoms with Gasteiger partial charge >= 0.3 is 0 Å². The summed E-state index contributed by atoms with van der Waals surface area (Å²) in [5, 5.41) is 5.19. The first-order chi connectivity index (χ1) is 35.2. The van der Waals surface area contributed by atoms with Gasteiger partial charge in [-0.1, -0.05) is 208 Å². The molecule has 0 atom stereocenters. The van der Waals surface area contributed by atoms with Crippen molar-refractivity contribution in [3.05, 3.63) is 179 Å². The van der Waals surface area contributed by atoms with Gasteiger partial charge in [0.25, 0.3) is 6.71 Å². The van der Waals surface area contributed by atoms with E-state index in [1.165, 1.54) is 133 Å². The van der Waals surface area contributed by atoms with E-state index in [4.69, 9.17) is 0 Å². The molecule has 0 unspecified atom stereocenters. The number of rotatable bonds is 3. The molecule has 4 heterocycles. The molecule has 3 aliphatic rings. The number of para-hydroxylation sites is 2. The van der Waals surface area contributed by atoms with Gasteiger partial charge in [0.1, 0.15) is 0 Å². The molecular weight excluding hydrogens is 906 g/mol. The van der Waals surface area contributed by atoms with Gasteiger partial charge in [0, 0.05) is 44.2 Å². The first kappa shape index (κ1) is 47.9. The minimum Gasteiger partial charge on any atom is -0.311 e. The summed E-state index contributed by atoms with van der Waals surface area (Å²) in [7, 11) is 0. The minimum absolute atomic E-state index is 0.0110. The van der Waals surface area contributed by atoms with Gasteiger partial charge in [0.2, 0.25) is 0 Å². The zero-order valence-electron chi connectivity index (χ0n) is 47.5. The van der Waals surface area contributed by atoms with Crippen LogP contribution in [0.2, 0.25) is 0 Å². The molecule has 0 bridgehead atoms. The molecule has 3 nitrogen and oxygen atoms in total. The maximum Gasteiger partial charge on any atom is 0.252 e. The van der Waals surface area contributed by atoms with Crippen LogP contribution in [-0.4, -0.2) is 11.1 Å². The van der Waals surface area contributed by atoms with Crippen molar-refractivity contribution in [3.8, 4) is 11.1 Å². The molecule has 10 aromatic rings. The van der Waals surface area contributed by atoms with E-state index in [0.29, 0.717) is 0 Å². The second-order valence-electron chi connectivity index (χ2n) is 28.2. The molecule has 0 saturated heterocycles. The Labute approximate surface area is 447 Å².